The van der Waals surface area contributed by atoms with Gasteiger partial charge < -0.3 is 14.5 Å². The van der Waals surface area contributed by atoms with Gasteiger partial charge in [-0.3, -0.25) is 13.9 Å². The maximum Gasteiger partial charge on any atom is 0.329 e. The Morgan fingerprint density at radius 2 is 1.67 bits per heavy atom. The quantitative estimate of drug-likeness (QED) is 0.219. The Labute approximate surface area is 214 Å². The maximum absolute atomic E-state index is 13.4. The lowest BCUT2D eigenvalue weighted by molar-refractivity contribution is -0.157. The molecule has 0 bridgehead atoms. The van der Waals surface area contributed by atoms with Crippen molar-refractivity contribution in [2.75, 3.05) is 12.7 Å². The maximum atomic E-state index is 13.4. The fourth-order valence-corrected chi connectivity index (χ4v) is 5.74. The van der Waals surface area contributed by atoms with Crippen molar-refractivity contribution in [2.45, 2.75) is 71.1 Å². The molecule has 196 valence electrons. The van der Waals surface area contributed by atoms with Crippen LogP contribution in [0.15, 0.2) is 60.7 Å². The minimum Gasteiger partial charge on any atom is -0.459 e. The summed E-state index contributed by atoms with van der Waals surface area (Å²) in [5, 5.41) is 0. The lowest BCUT2D eigenvalue weighted by Crippen LogP contribution is -2.47. The Morgan fingerprint density at radius 1 is 1.03 bits per heavy atom. The third-order valence-corrected chi connectivity index (χ3v) is 7.75. The molecule has 7 nitrogen and oxygen atoms in total. The van der Waals surface area contributed by atoms with E-state index in [9.17, 15) is 19.0 Å². The standard InChI is InChI=1S/C28H38NO6P/c1-22(2)20-26(35-36(32,33)19-10-9-14-23-12-5-3-6-13-23)27(30)29-18-11-17-25(29)28(31)34-21-24-15-7-4-8-16-24/h3-8,12-13,15-16,22,25-26H,9-11,14,17-21H2,1-2H3,(H,32,33)/t25-,26?/m0/s1. The molecule has 8 heteroatoms. The number of ether oxygens (including phenoxy) is 1. The van der Waals surface area contributed by atoms with Crippen molar-refractivity contribution < 1.29 is 28.3 Å². The molecule has 1 fully saturated rings. The Bertz CT molecular complexity index is 1010. The topological polar surface area (TPSA) is 93.1 Å². The molecule has 0 aliphatic carbocycles. The summed E-state index contributed by atoms with van der Waals surface area (Å²) in [6, 6.07) is 18.6. The Morgan fingerprint density at radius 3 is 2.31 bits per heavy atom. The molecule has 2 unspecified atom stereocenters. The highest BCUT2D eigenvalue weighted by Crippen LogP contribution is 2.45. The molecular formula is C28H38NO6P. The van der Waals surface area contributed by atoms with Crippen molar-refractivity contribution in [1.29, 1.82) is 0 Å². The number of unbranched alkanes of at least 4 members (excludes halogenated alkanes) is 1. The van der Waals surface area contributed by atoms with E-state index in [4.69, 9.17) is 9.26 Å². The molecule has 1 N–H and O–H groups in total. The largest absolute Gasteiger partial charge is 0.459 e. The van der Waals surface area contributed by atoms with Crippen molar-refractivity contribution in [2.24, 2.45) is 5.92 Å². The smallest absolute Gasteiger partial charge is 0.329 e. The van der Waals surface area contributed by atoms with Gasteiger partial charge in [-0.15, -0.1) is 0 Å². The molecule has 3 atom stereocenters. The number of amides is 1. The number of esters is 1. The number of nitrogens with zero attached hydrogens (tertiary/aromatic N) is 1. The van der Waals surface area contributed by atoms with E-state index in [0.29, 0.717) is 32.2 Å². The van der Waals surface area contributed by atoms with E-state index >= 15 is 0 Å². The first kappa shape index (κ1) is 28.1. The summed E-state index contributed by atoms with van der Waals surface area (Å²) >= 11 is 0. The molecule has 1 saturated heterocycles. The van der Waals surface area contributed by atoms with E-state index in [2.05, 4.69) is 0 Å². The summed E-state index contributed by atoms with van der Waals surface area (Å²) in [5.41, 5.74) is 2.05. The molecule has 3 rings (SSSR count). The first-order valence-corrected chi connectivity index (χ1v) is 14.6. The van der Waals surface area contributed by atoms with Crippen molar-refractivity contribution in [3.8, 4) is 0 Å². The molecule has 1 amide bonds. The summed E-state index contributed by atoms with van der Waals surface area (Å²) in [4.78, 5) is 38.2. The highest BCUT2D eigenvalue weighted by Gasteiger charge is 2.40. The van der Waals surface area contributed by atoms with Crippen LogP contribution in [0.4, 0.5) is 0 Å². The Kier molecular flexibility index (Phi) is 10.7. The van der Waals surface area contributed by atoms with Crippen molar-refractivity contribution in [3.05, 3.63) is 71.8 Å². The number of hydrogen-bond donors (Lipinski definition) is 1. The average Bonchev–Trinajstić information content (AvgIpc) is 3.35. The normalized spacial score (nSPS) is 18.1. The Hall–Kier alpha value is -2.47. The van der Waals surface area contributed by atoms with E-state index in [1.807, 2.05) is 74.5 Å². The lowest BCUT2D eigenvalue weighted by atomic mass is 10.0. The molecule has 1 aliphatic rings. The van der Waals surface area contributed by atoms with E-state index in [1.165, 1.54) is 10.5 Å². The van der Waals surface area contributed by atoms with Crippen molar-refractivity contribution in [3.63, 3.8) is 0 Å². The predicted octanol–water partition coefficient (Wildman–Crippen LogP) is 5.36. The monoisotopic (exact) mass is 515 g/mol. The molecule has 0 aromatic heterocycles. The van der Waals surface area contributed by atoms with Gasteiger partial charge in [-0.25, -0.2) is 4.79 Å². The van der Waals surface area contributed by atoms with Crippen LogP contribution in [0.2, 0.25) is 0 Å². The molecular weight excluding hydrogens is 477 g/mol. The second-order valence-corrected chi connectivity index (χ2v) is 11.7. The van der Waals surface area contributed by atoms with Crippen LogP contribution in [0.5, 0.6) is 0 Å². The van der Waals surface area contributed by atoms with E-state index in [0.717, 1.165) is 18.4 Å². The predicted molar refractivity (Wildman–Crippen MR) is 139 cm³/mol. The van der Waals surface area contributed by atoms with Crippen LogP contribution in [0, 0.1) is 5.92 Å². The number of hydrogen-bond acceptors (Lipinski definition) is 5. The SMILES string of the molecule is CC(C)CC(OP(=O)(O)CCCCc1ccccc1)C(=O)N1CCC[C@H]1C(=O)OCc1ccccc1. The lowest BCUT2D eigenvalue weighted by Gasteiger charge is -2.29. The molecule has 2 aromatic rings. The molecule has 1 aliphatic heterocycles. The van der Waals surface area contributed by atoms with Gasteiger partial charge in [0.2, 0.25) is 0 Å². The van der Waals surface area contributed by atoms with Crippen molar-refractivity contribution >= 4 is 19.5 Å². The molecule has 2 aromatic carbocycles. The van der Waals surface area contributed by atoms with Crippen LogP contribution in [0.1, 0.15) is 57.1 Å². The molecule has 0 saturated carbocycles. The van der Waals surface area contributed by atoms with Gasteiger partial charge in [-0.2, -0.15) is 0 Å². The van der Waals surface area contributed by atoms with E-state index in [1.54, 1.807) is 0 Å². The highest BCUT2D eigenvalue weighted by molar-refractivity contribution is 7.52. The van der Waals surface area contributed by atoms with Gasteiger partial charge in [0.15, 0.2) is 0 Å². The fraction of sp³-hybridized carbons (Fsp3) is 0.500. The molecule has 0 radical (unpaired) electrons. The van der Waals surface area contributed by atoms with Crippen LogP contribution >= 0.6 is 7.60 Å². The van der Waals surface area contributed by atoms with Crippen molar-refractivity contribution in [1.82, 2.24) is 4.90 Å². The van der Waals surface area contributed by atoms with Gasteiger partial charge in [0, 0.05) is 6.54 Å². The van der Waals surface area contributed by atoms with Gasteiger partial charge in [0.25, 0.3) is 5.91 Å². The third kappa shape index (κ3) is 8.88. The zero-order valence-corrected chi connectivity index (χ0v) is 22.1. The van der Waals surface area contributed by atoms with Crippen LogP contribution < -0.4 is 0 Å². The number of aryl methyl sites for hydroxylation is 1. The number of rotatable bonds is 13. The van der Waals surface area contributed by atoms with Gasteiger partial charge in [-0.1, -0.05) is 74.5 Å². The fourth-order valence-electron chi connectivity index (χ4n) is 4.44. The highest BCUT2D eigenvalue weighted by atomic mass is 31.2. The second kappa shape index (κ2) is 13.7. The number of likely N-dealkylation sites (tertiary alicyclic amines) is 1. The number of carbonyl (C=O) groups excluding carboxylic acids is 2. The van der Waals surface area contributed by atoms with Crippen LogP contribution in [-0.2, 0) is 36.4 Å². The Balaban J connectivity index is 1.57. The zero-order chi connectivity index (χ0) is 26.0. The summed E-state index contributed by atoms with van der Waals surface area (Å²) in [5.74, 6) is -0.800. The minimum atomic E-state index is -3.98. The molecule has 1 heterocycles. The second-order valence-electron chi connectivity index (χ2n) is 9.81. The molecule has 0 spiro atoms. The summed E-state index contributed by atoms with van der Waals surface area (Å²) in [6.07, 6.45) is 2.48. The van der Waals surface area contributed by atoms with Crippen LogP contribution in [-0.4, -0.2) is 46.5 Å². The van der Waals surface area contributed by atoms with Crippen LogP contribution in [0.25, 0.3) is 0 Å². The number of benzene rings is 2. The van der Waals surface area contributed by atoms with Gasteiger partial charge >= 0.3 is 13.6 Å². The van der Waals surface area contributed by atoms with Gasteiger partial charge in [0.1, 0.15) is 18.8 Å². The van der Waals surface area contributed by atoms with Gasteiger partial charge in [-0.05, 0) is 55.6 Å². The van der Waals surface area contributed by atoms with Crippen LogP contribution in [0.3, 0.4) is 0 Å². The minimum absolute atomic E-state index is 0.00967. The third-order valence-electron chi connectivity index (χ3n) is 6.28. The summed E-state index contributed by atoms with van der Waals surface area (Å²) < 4.78 is 24.0. The summed E-state index contributed by atoms with van der Waals surface area (Å²) in [6.45, 7) is 4.40. The van der Waals surface area contributed by atoms with Gasteiger partial charge in [0.05, 0.1) is 6.16 Å². The number of carbonyl (C=O) groups is 2. The molecule has 36 heavy (non-hydrogen) atoms. The first-order valence-electron chi connectivity index (χ1n) is 12.8. The summed E-state index contributed by atoms with van der Waals surface area (Å²) in [7, 11) is -3.98. The van der Waals surface area contributed by atoms with E-state index in [-0.39, 0.29) is 18.7 Å². The average molecular weight is 516 g/mol. The first-order chi connectivity index (χ1) is 17.2. The zero-order valence-electron chi connectivity index (χ0n) is 21.3. The van der Waals surface area contributed by atoms with E-state index < -0.39 is 31.6 Å².